The first kappa shape index (κ1) is 16.5. The van der Waals surface area contributed by atoms with Crippen molar-refractivity contribution in [2.75, 3.05) is 13.2 Å². The van der Waals surface area contributed by atoms with E-state index in [4.69, 9.17) is 13.8 Å². The number of carbonyl (C=O) groups excluding carboxylic acids is 1. The van der Waals surface area contributed by atoms with Crippen LogP contribution in [0.3, 0.4) is 0 Å². The molecular formula is C12H24NO5P. The molecular weight excluding hydrogens is 269 g/mol. The van der Waals surface area contributed by atoms with Gasteiger partial charge in [-0.15, -0.1) is 0 Å². The second-order valence-corrected chi connectivity index (χ2v) is 7.19. The summed E-state index contributed by atoms with van der Waals surface area (Å²) in [7, 11) is -3.65. The van der Waals surface area contributed by atoms with Crippen molar-refractivity contribution in [3.8, 4) is 0 Å². The monoisotopic (exact) mass is 293 g/mol. The van der Waals surface area contributed by atoms with E-state index in [1.165, 1.54) is 0 Å². The van der Waals surface area contributed by atoms with Crippen molar-refractivity contribution < 1.29 is 23.1 Å². The fourth-order valence-electron chi connectivity index (χ4n) is 2.57. The number of hydrogen-bond donors (Lipinski definition) is 0. The Kier molecular flexibility index (Phi) is 5.04. The van der Waals surface area contributed by atoms with E-state index in [0.29, 0.717) is 0 Å². The third kappa shape index (κ3) is 3.12. The molecule has 1 aliphatic rings. The summed E-state index contributed by atoms with van der Waals surface area (Å²) in [6.45, 7) is 11.3. The number of rotatable bonds is 6. The highest BCUT2D eigenvalue weighted by Crippen LogP contribution is 2.58. The molecule has 0 unspecified atom stereocenters. The highest BCUT2D eigenvalue weighted by atomic mass is 31.2. The van der Waals surface area contributed by atoms with Gasteiger partial charge in [-0.1, -0.05) is 13.8 Å². The van der Waals surface area contributed by atoms with Gasteiger partial charge in [0.1, 0.15) is 5.60 Å². The smallest absolute Gasteiger partial charge is 0.440 e. The standard InChI is InChI=1S/C12H24NO5P/c1-7-16-19(15,17-8-2)13-10(9(3)4)12(5,6)18-11(13)14/h9-10H,7-8H2,1-6H3/t10-/m0/s1. The van der Waals surface area contributed by atoms with Gasteiger partial charge in [0.2, 0.25) is 0 Å². The maximum Gasteiger partial charge on any atom is 0.440 e. The number of carbonyl (C=O) groups is 1. The molecule has 0 spiro atoms. The molecule has 1 amide bonds. The molecule has 0 bridgehead atoms. The lowest BCUT2D eigenvalue weighted by Gasteiger charge is -2.34. The number of ether oxygens (including phenoxy) is 1. The lowest BCUT2D eigenvalue weighted by Crippen LogP contribution is -2.44. The molecule has 1 rings (SSSR count). The highest BCUT2D eigenvalue weighted by Gasteiger charge is 2.57. The summed E-state index contributed by atoms with van der Waals surface area (Å²) in [6, 6.07) is -0.357. The van der Waals surface area contributed by atoms with E-state index in [0.717, 1.165) is 4.67 Å². The Morgan fingerprint density at radius 1 is 1.32 bits per heavy atom. The molecule has 0 aliphatic carbocycles. The average Bonchev–Trinajstić information content (AvgIpc) is 2.48. The van der Waals surface area contributed by atoms with Gasteiger partial charge >= 0.3 is 13.8 Å². The zero-order chi connectivity index (χ0) is 14.8. The SMILES string of the molecule is CCOP(=O)(OCC)N1C(=O)OC(C)(C)[C@@H]1C(C)C. The van der Waals surface area contributed by atoms with Crippen molar-refractivity contribution >= 4 is 13.8 Å². The molecule has 0 saturated carbocycles. The molecule has 1 heterocycles. The predicted octanol–water partition coefficient (Wildman–Crippen LogP) is 3.42. The van der Waals surface area contributed by atoms with Crippen molar-refractivity contribution in [2.24, 2.45) is 5.92 Å². The maximum atomic E-state index is 12.8. The van der Waals surface area contributed by atoms with Gasteiger partial charge in [0.05, 0.1) is 19.3 Å². The number of amides is 1. The Morgan fingerprint density at radius 3 is 2.16 bits per heavy atom. The van der Waals surface area contributed by atoms with Gasteiger partial charge < -0.3 is 4.74 Å². The van der Waals surface area contributed by atoms with Gasteiger partial charge in [0.25, 0.3) is 0 Å². The Balaban J connectivity index is 3.19. The quantitative estimate of drug-likeness (QED) is 0.702. The number of cyclic esters (lactones) is 1. The molecule has 7 heteroatoms. The van der Waals surface area contributed by atoms with E-state index >= 15 is 0 Å². The van der Waals surface area contributed by atoms with Crippen LogP contribution in [0.2, 0.25) is 0 Å². The molecule has 1 saturated heterocycles. The van der Waals surface area contributed by atoms with Crippen molar-refractivity contribution in [3.63, 3.8) is 0 Å². The Labute approximate surface area is 115 Å². The van der Waals surface area contributed by atoms with E-state index in [9.17, 15) is 9.36 Å². The highest BCUT2D eigenvalue weighted by molar-refractivity contribution is 7.52. The summed E-state index contributed by atoms with van der Waals surface area (Å²) >= 11 is 0. The lowest BCUT2D eigenvalue weighted by atomic mass is 9.90. The molecule has 112 valence electrons. The minimum atomic E-state index is -3.65. The topological polar surface area (TPSA) is 65.1 Å². The molecule has 0 aromatic heterocycles. The van der Waals surface area contributed by atoms with E-state index in [2.05, 4.69) is 0 Å². The Hall–Kier alpha value is -0.580. The van der Waals surface area contributed by atoms with E-state index < -0.39 is 19.4 Å². The van der Waals surface area contributed by atoms with Gasteiger partial charge in [0.15, 0.2) is 0 Å². The molecule has 6 nitrogen and oxygen atoms in total. The first-order valence-electron chi connectivity index (χ1n) is 6.61. The molecule has 1 aliphatic heterocycles. The van der Waals surface area contributed by atoms with Crippen molar-refractivity contribution in [2.45, 2.75) is 53.2 Å². The largest absolute Gasteiger partial charge is 0.441 e. The first-order valence-corrected chi connectivity index (χ1v) is 8.11. The molecule has 1 fully saturated rings. The van der Waals surface area contributed by atoms with Gasteiger partial charge in [-0.2, -0.15) is 0 Å². The van der Waals surface area contributed by atoms with Gasteiger partial charge in [-0.3, -0.25) is 9.05 Å². The summed E-state index contributed by atoms with van der Waals surface area (Å²) in [4.78, 5) is 12.1. The average molecular weight is 293 g/mol. The zero-order valence-corrected chi connectivity index (χ0v) is 13.4. The summed E-state index contributed by atoms with van der Waals surface area (Å²) in [5.41, 5.74) is -0.727. The van der Waals surface area contributed by atoms with Crippen LogP contribution in [0.5, 0.6) is 0 Å². The predicted molar refractivity (Wildman–Crippen MR) is 71.9 cm³/mol. The minimum Gasteiger partial charge on any atom is -0.441 e. The molecule has 19 heavy (non-hydrogen) atoms. The van der Waals surface area contributed by atoms with Crippen LogP contribution in [-0.4, -0.2) is 35.6 Å². The van der Waals surface area contributed by atoms with Crippen molar-refractivity contribution in [1.82, 2.24) is 4.67 Å². The van der Waals surface area contributed by atoms with Crippen LogP contribution in [0, 0.1) is 5.92 Å². The molecule has 1 atom stereocenters. The van der Waals surface area contributed by atoms with Crippen LogP contribution in [0.15, 0.2) is 0 Å². The van der Waals surface area contributed by atoms with E-state index in [1.54, 1.807) is 27.7 Å². The van der Waals surface area contributed by atoms with Gasteiger partial charge in [-0.05, 0) is 33.6 Å². The molecule has 0 aromatic carbocycles. The summed E-state index contributed by atoms with van der Waals surface area (Å²) in [5, 5.41) is 0. The molecule has 0 N–H and O–H groups in total. The third-order valence-electron chi connectivity index (χ3n) is 2.99. The van der Waals surface area contributed by atoms with Crippen LogP contribution >= 0.6 is 7.75 Å². The third-order valence-corrected chi connectivity index (χ3v) is 5.10. The zero-order valence-electron chi connectivity index (χ0n) is 12.5. The van der Waals surface area contributed by atoms with Crippen LogP contribution in [0.25, 0.3) is 0 Å². The minimum absolute atomic E-state index is 0.0655. The maximum absolute atomic E-state index is 12.8. The fourth-order valence-corrected chi connectivity index (χ4v) is 4.63. The summed E-state index contributed by atoms with van der Waals surface area (Å²) in [6.07, 6.45) is -0.645. The lowest BCUT2D eigenvalue weighted by molar-refractivity contribution is 0.0559. The first-order chi connectivity index (χ1) is 8.69. The van der Waals surface area contributed by atoms with Crippen LogP contribution < -0.4 is 0 Å². The van der Waals surface area contributed by atoms with Crippen LogP contribution in [-0.2, 0) is 18.3 Å². The second kappa shape index (κ2) is 5.81. The van der Waals surface area contributed by atoms with Crippen LogP contribution in [0.4, 0.5) is 4.79 Å². The van der Waals surface area contributed by atoms with Crippen molar-refractivity contribution in [3.05, 3.63) is 0 Å². The normalized spacial score (nSPS) is 23.0. The number of hydrogen-bond acceptors (Lipinski definition) is 5. The van der Waals surface area contributed by atoms with Gasteiger partial charge in [-0.25, -0.2) is 14.0 Å². The van der Waals surface area contributed by atoms with Crippen LogP contribution in [0.1, 0.15) is 41.5 Å². The Bertz CT molecular complexity index is 372. The van der Waals surface area contributed by atoms with E-state index in [1.807, 2.05) is 13.8 Å². The summed E-state index contributed by atoms with van der Waals surface area (Å²) < 4.78 is 29.8. The summed E-state index contributed by atoms with van der Waals surface area (Å²) in [5.74, 6) is 0.0655. The number of nitrogens with zero attached hydrogens (tertiary/aromatic N) is 1. The van der Waals surface area contributed by atoms with E-state index in [-0.39, 0.29) is 25.2 Å². The fraction of sp³-hybridized carbons (Fsp3) is 0.917. The van der Waals surface area contributed by atoms with Crippen molar-refractivity contribution in [1.29, 1.82) is 0 Å². The van der Waals surface area contributed by atoms with Gasteiger partial charge in [0, 0.05) is 0 Å². The Morgan fingerprint density at radius 2 is 1.79 bits per heavy atom. The molecule has 0 radical (unpaired) electrons. The molecule has 0 aromatic rings. The second-order valence-electron chi connectivity index (χ2n) is 5.31.